The Balaban J connectivity index is 1.97. The van der Waals surface area contributed by atoms with Crippen molar-refractivity contribution in [1.29, 1.82) is 0 Å². The highest BCUT2D eigenvalue weighted by Crippen LogP contribution is 2.34. The molecule has 0 aromatic heterocycles. The molecule has 1 aliphatic heterocycles. The monoisotopic (exact) mass is 154 g/mol. The van der Waals surface area contributed by atoms with Crippen LogP contribution < -0.4 is 5.32 Å². The van der Waals surface area contributed by atoms with E-state index in [1.54, 1.807) is 0 Å². The SMILES string of the molecule is [2H][C@@H]1CCCC2(CCCCC2)N1. The lowest BCUT2D eigenvalue weighted by atomic mass is 9.76. The van der Waals surface area contributed by atoms with Gasteiger partial charge in [0.25, 0.3) is 0 Å². The van der Waals surface area contributed by atoms with E-state index < -0.39 is 0 Å². The lowest BCUT2D eigenvalue weighted by Crippen LogP contribution is -2.49. The van der Waals surface area contributed by atoms with Crippen LogP contribution in [0.2, 0.25) is 0 Å². The van der Waals surface area contributed by atoms with Gasteiger partial charge in [0.2, 0.25) is 0 Å². The normalized spacial score (nSPS) is 38.5. The quantitative estimate of drug-likeness (QED) is 0.565. The first-order valence-electron chi connectivity index (χ1n) is 5.58. The molecule has 0 radical (unpaired) electrons. The molecule has 0 bridgehead atoms. The van der Waals surface area contributed by atoms with E-state index in [2.05, 4.69) is 5.32 Å². The number of rotatable bonds is 0. The van der Waals surface area contributed by atoms with Crippen molar-refractivity contribution in [2.75, 3.05) is 6.52 Å². The van der Waals surface area contributed by atoms with Crippen molar-refractivity contribution >= 4 is 0 Å². The third kappa shape index (κ3) is 1.58. The highest BCUT2D eigenvalue weighted by atomic mass is 15.0. The molecular formula is C10H19N. The maximum atomic E-state index is 7.72. The van der Waals surface area contributed by atoms with Crippen LogP contribution >= 0.6 is 0 Å². The van der Waals surface area contributed by atoms with E-state index >= 15 is 0 Å². The fourth-order valence-electron chi connectivity index (χ4n) is 2.53. The number of piperidine rings is 1. The predicted molar refractivity (Wildman–Crippen MR) is 47.7 cm³/mol. The largest absolute Gasteiger partial charge is 0.311 e. The van der Waals surface area contributed by atoms with Crippen molar-refractivity contribution in [3.63, 3.8) is 0 Å². The standard InChI is InChI=1S/C10H19N/c1-2-6-10(7-3-1)8-4-5-9-11-10/h11H,1-9H2/i9D/t9-/m1/s1. The van der Waals surface area contributed by atoms with Gasteiger partial charge in [0.1, 0.15) is 0 Å². The Hall–Kier alpha value is -0.0400. The molecule has 1 atom stereocenters. The van der Waals surface area contributed by atoms with Crippen LogP contribution in [0.4, 0.5) is 0 Å². The second kappa shape index (κ2) is 3.14. The average molecular weight is 154 g/mol. The van der Waals surface area contributed by atoms with Gasteiger partial charge >= 0.3 is 0 Å². The van der Waals surface area contributed by atoms with E-state index in [0.29, 0.717) is 5.54 Å². The maximum Gasteiger partial charge on any atom is 0.0428 e. The lowest BCUT2D eigenvalue weighted by Gasteiger charge is -2.41. The second-order valence-corrected chi connectivity index (χ2v) is 4.08. The fraction of sp³-hybridized carbons (Fsp3) is 1.00. The van der Waals surface area contributed by atoms with Crippen molar-refractivity contribution in [2.24, 2.45) is 0 Å². The van der Waals surface area contributed by atoms with Gasteiger partial charge in [-0.05, 0) is 32.2 Å². The van der Waals surface area contributed by atoms with Gasteiger partial charge in [0, 0.05) is 6.91 Å². The molecule has 0 unspecified atom stereocenters. The zero-order valence-electron chi connectivity index (χ0n) is 8.23. The first-order valence-corrected chi connectivity index (χ1v) is 5.01. The molecule has 1 saturated carbocycles. The summed E-state index contributed by atoms with van der Waals surface area (Å²) >= 11 is 0. The molecule has 1 aliphatic carbocycles. The van der Waals surface area contributed by atoms with E-state index in [9.17, 15) is 0 Å². The van der Waals surface area contributed by atoms with Crippen LogP contribution in [-0.2, 0) is 0 Å². The Labute approximate surface area is 71.0 Å². The summed E-state index contributed by atoms with van der Waals surface area (Å²) in [4.78, 5) is 0. The molecule has 1 saturated heterocycles. The van der Waals surface area contributed by atoms with Crippen molar-refractivity contribution in [1.82, 2.24) is 5.32 Å². The third-order valence-electron chi connectivity index (χ3n) is 3.22. The van der Waals surface area contributed by atoms with E-state index in [0.717, 1.165) is 6.42 Å². The van der Waals surface area contributed by atoms with E-state index in [4.69, 9.17) is 1.37 Å². The predicted octanol–water partition coefficient (Wildman–Crippen LogP) is 2.46. The minimum absolute atomic E-state index is 0.0249. The van der Waals surface area contributed by atoms with Crippen LogP contribution in [0.15, 0.2) is 0 Å². The van der Waals surface area contributed by atoms with Crippen LogP contribution in [0.5, 0.6) is 0 Å². The van der Waals surface area contributed by atoms with Gasteiger partial charge in [-0.1, -0.05) is 25.7 Å². The molecule has 0 aromatic carbocycles. The van der Waals surface area contributed by atoms with Gasteiger partial charge in [-0.3, -0.25) is 0 Å². The molecule has 2 fully saturated rings. The third-order valence-corrected chi connectivity index (χ3v) is 3.22. The zero-order valence-corrected chi connectivity index (χ0v) is 7.23. The van der Waals surface area contributed by atoms with Crippen LogP contribution in [0, 0.1) is 0 Å². The van der Waals surface area contributed by atoms with Crippen LogP contribution in [0.25, 0.3) is 0 Å². The summed E-state index contributed by atoms with van der Waals surface area (Å²) in [5.74, 6) is 0. The maximum absolute atomic E-state index is 7.72. The molecule has 2 aliphatic rings. The first-order chi connectivity index (χ1) is 5.81. The Bertz CT molecular complexity index is 146. The second-order valence-electron chi connectivity index (χ2n) is 4.08. The van der Waals surface area contributed by atoms with Gasteiger partial charge < -0.3 is 5.32 Å². The average Bonchev–Trinajstić information content (AvgIpc) is 2.05. The number of nitrogens with one attached hydrogen (secondary N) is 1. The smallest absolute Gasteiger partial charge is 0.0428 e. The van der Waals surface area contributed by atoms with Gasteiger partial charge in [-0.15, -0.1) is 0 Å². The van der Waals surface area contributed by atoms with Crippen molar-refractivity contribution in [2.45, 2.75) is 56.9 Å². The van der Waals surface area contributed by atoms with Gasteiger partial charge in [-0.25, -0.2) is 0 Å². The van der Waals surface area contributed by atoms with Crippen molar-refractivity contribution in [3.8, 4) is 0 Å². The zero-order chi connectivity index (χ0) is 8.44. The van der Waals surface area contributed by atoms with Crippen molar-refractivity contribution in [3.05, 3.63) is 0 Å². The highest BCUT2D eigenvalue weighted by Gasteiger charge is 2.32. The van der Waals surface area contributed by atoms with Crippen LogP contribution in [0.1, 0.15) is 52.7 Å². The Morgan fingerprint density at radius 1 is 0.909 bits per heavy atom. The minimum atomic E-state index is 0.0249. The molecule has 2 rings (SSSR count). The Kier molecular flexibility index (Phi) is 1.85. The van der Waals surface area contributed by atoms with Crippen LogP contribution in [-0.4, -0.2) is 12.1 Å². The molecule has 11 heavy (non-hydrogen) atoms. The number of hydrogen-bond donors (Lipinski definition) is 1. The summed E-state index contributed by atoms with van der Waals surface area (Å²) in [5, 5.41) is 3.50. The fourth-order valence-corrected chi connectivity index (χ4v) is 2.53. The topological polar surface area (TPSA) is 12.0 Å². The highest BCUT2D eigenvalue weighted by molar-refractivity contribution is 4.92. The lowest BCUT2D eigenvalue weighted by molar-refractivity contribution is 0.184. The molecule has 1 spiro atoms. The molecule has 1 nitrogen and oxygen atoms in total. The van der Waals surface area contributed by atoms with Gasteiger partial charge in [0.05, 0.1) is 0 Å². The van der Waals surface area contributed by atoms with E-state index in [1.165, 1.54) is 44.9 Å². The molecule has 0 amide bonds. The van der Waals surface area contributed by atoms with Gasteiger partial charge in [-0.2, -0.15) is 0 Å². The Morgan fingerprint density at radius 2 is 1.55 bits per heavy atom. The van der Waals surface area contributed by atoms with Gasteiger partial charge in [0.15, 0.2) is 0 Å². The first kappa shape index (κ1) is 6.47. The summed E-state index contributed by atoms with van der Waals surface area (Å²) in [5.41, 5.74) is 0.392. The van der Waals surface area contributed by atoms with E-state index in [1.807, 2.05) is 0 Å². The molecule has 64 valence electrons. The van der Waals surface area contributed by atoms with E-state index in [-0.39, 0.29) is 6.52 Å². The molecule has 1 heteroatoms. The molecule has 1 heterocycles. The molecule has 0 aromatic rings. The summed E-state index contributed by atoms with van der Waals surface area (Å²) in [6.45, 7) is 0.0249. The van der Waals surface area contributed by atoms with Crippen LogP contribution in [0.3, 0.4) is 0 Å². The molecule has 1 N–H and O–H groups in total. The summed E-state index contributed by atoms with van der Waals surface area (Å²) < 4.78 is 7.72. The Morgan fingerprint density at radius 3 is 2.18 bits per heavy atom. The minimum Gasteiger partial charge on any atom is -0.311 e. The number of hydrogen-bond acceptors (Lipinski definition) is 1. The molecular weight excluding hydrogens is 134 g/mol. The van der Waals surface area contributed by atoms with Crippen molar-refractivity contribution < 1.29 is 1.37 Å². The summed E-state index contributed by atoms with van der Waals surface area (Å²) in [7, 11) is 0. The summed E-state index contributed by atoms with van der Waals surface area (Å²) in [6.07, 6.45) is 10.4. The summed E-state index contributed by atoms with van der Waals surface area (Å²) in [6, 6.07) is 0.